The summed E-state index contributed by atoms with van der Waals surface area (Å²) in [5.41, 5.74) is 0.760. The summed E-state index contributed by atoms with van der Waals surface area (Å²) in [6.45, 7) is 0. The number of thioether (sulfide) groups is 1. The zero-order chi connectivity index (χ0) is 23.6. The Labute approximate surface area is 198 Å². The molecule has 0 aliphatic rings. The summed E-state index contributed by atoms with van der Waals surface area (Å²) < 4.78 is 34.6. The maximum absolute atomic E-state index is 11.6. The number of hydrogen-bond donors (Lipinski definition) is 1. The van der Waals surface area contributed by atoms with Gasteiger partial charge in [-0.15, -0.1) is 22.0 Å². The van der Waals surface area contributed by atoms with E-state index in [1.54, 1.807) is 0 Å². The average molecular weight is 512 g/mol. The Kier molecular flexibility index (Phi) is 10.2. The Hall–Kier alpha value is -1.93. The van der Waals surface area contributed by atoms with Crippen molar-refractivity contribution in [2.24, 2.45) is 0 Å². The van der Waals surface area contributed by atoms with Gasteiger partial charge < -0.3 is 0 Å². The molecule has 0 fully saturated rings. The number of benzene rings is 3. The predicted molar refractivity (Wildman–Crippen MR) is 121 cm³/mol. The zero-order valence-corrected chi connectivity index (χ0v) is 20.1. The largest absolute Gasteiger partial charge is 0.297 e. The minimum absolute atomic E-state index is 0.590. The van der Waals surface area contributed by atoms with Crippen LogP contribution >= 0.6 is 30.6 Å². The van der Waals surface area contributed by atoms with Crippen LogP contribution in [-0.4, -0.2) is 12.7 Å². The molecular formula is C22H20Cl2NO5PS. The topological polar surface area (TPSA) is 121 Å². The molecule has 1 amide bonds. The van der Waals surface area contributed by atoms with Crippen LogP contribution in [0.2, 0.25) is 0 Å². The zero-order valence-electron chi connectivity index (χ0n) is 16.9. The normalized spacial score (nSPS) is 12.2. The Morgan fingerprint density at radius 3 is 1.38 bits per heavy atom. The molecular weight excluding hydrogens is 492 g/mol. The fourth-order valence-electron chi connectivity index (χ4n) is 3.23. The van der Waals surface area contributed by atoms with Crippen molar-refractivity contribution < 1.29 is 33.7 Å². The smallest absolute Gasteiger partial charge is 0.214 e. The Balaban J connectivity index is 0.000000654. The van der Waals surface area contributed by atoms with Gasteiger partial charge in [-0.3, -0.25) is 10.1 Å². The number of rotatable bonds is 7. The van der Waals surface area contributed by atoms with Crippen molar-refractivity contribution in [3.05, 3.63) is 101 Å². The van der Waals surface area contributed by atoms with Crippen molar-refractivity contribution >= 4 is 52.9 Å². The number of halogens is 2. The molecule has 168 valence electrons. The first-order valence-electron chi connectivity index (χ1n) is 9.07. The van der Waals surface area contributed by atoms with Gasteiger partial charge >= 0.3 is 0 Å². The van der Waals surface area contributed by atoms with E-state index in [0.29, 0.717) is 4.36 Å². The number of carbonyl (C=O) groups excluding carboxylic acids is 1. The van der Waals surface area contributed by atoms with Crippen LogP contribution in [0.4, 0.5) is 0 Å². The lowest BCUT2D eigenvalue weighted by Gasteiger charge is -2.29. The van der Waals surface area contributed by atoms with Gasteiger partial charge in [-0.2, -0.15) is 0 Å². The van der Waals surface area contributed by atoms with E-state index >= 15 is 0 Å². The molecule has 0 atom stereocenters. The molecule has 0 aliphatic carbocycles. The summed E-state index contributed by atoms with van der Waals surface area (Å²) in [7, 11) is -7.31. The molecule has 0 heterocycles. The Morgan fingerprint density at radius 1 is 0.812 bits per heavy atom. The van der Waals surface area contributed by atoms with Gasteiger partial charge in [-0.1, -0.05) is 66.2 Å². The SMILES string of the molecule is CS/C(Cl)=C(\NC=O)[P+](c1ccccc1)(c1ccccc1)c1ccccc1.[O-][Cl+3]([O-])([O-])[O-]. The van der Waals surface area contributed by atoms with Gasteiger partial charge in [0.2, 0.25) is 11.8 Å². The highest BCUT2D eigenvalue weighted by Gasteiger charge is 2.51. The van der Waals surface area contributed by atoms with E-state index < -0.39 is 17.5 Å². The third kappa shape index (κ3) is 6.78. The van der Waals surface area contributed by atoms with Crippen molar-refractivity contribution in [1.82, 2.24) is 5.32 Å². The molecule has 0 saturated carbocycles. The standard InChI is InChI=1S/C22H19ClNOPS.ClHO4/c1-27-21(23)22(24-17-25)26(18-11-5-2-6-12-18,19-13-7-3-8-14-19)20-15-9-4-10-16-20;2-1(3,4)5/h2-17H,1H3;(H,2,3,4,5)/b22-21+;. The van der Waals surface area contributed by atoms with E-state index in [9.17, 15) is 4.79 Å². The molecule has 32 heavy (non-hydrogen) atoms. The third-order valence-corrected chi connectivity index (χ3v) is 10.1. The number of amides is 1. The maximum Gasteiger partial charge on any atom is 0.214 e. The molecule has 0 saturated heterocycles. The van der Waals surface area contributed by atoms with Crippen LogP contribution in [0.5, 0.6) is 0 Å². The van der Waals surface area contributed by atoms with Crippen molar-refractivity contribution in [2.45, 2.75) is 0 Å². The van der Waals surface area contributed by atoms with Crippen molar-refractivity contribution in [3.63, 3.8) is 0 Å². The highest BCUT2D eigenvalue weighted by atomic mass is 35.7. The summed E-state index contributed by atoms with van der Waals surface area (Å²) >= 11 is 8.13. The third-order valence-electron chi connectivity index (χ3n) is 4.33. The van der Waals surface area contributed by atoms with Crippen molar-refractivity contribution in [3.8, 4) is 0 Å². The highest BCUT2D eigenvalue weighted by molar-refractivity contribution is 8.05. The monoisotopic (exact) mass is 511 g/mol. The van der Waals surface area contributed by atoms with Gasteiger partial charge in [0.15, 0.2) is 7.26 Å². The van der Waals surface area contributed by atoms with Crippen LogP contribution in [0.25, 0.3) is 0 Å². The molecule has 0 unspecified atom stereocenters. The van der Waals surface area contributed by atoms with E-state index in [1.807, 2.05) is 60.9 Å². The molecule has 0 bridgehead atoms. The summed E-state index contributed by atoms with van der Waals surface area (Å²) in [6, 6.07) is 30.9. The van der Waals surface area contributed by atoms with E-state index in [4.69, 9.17) is 30.2 Å². The maximum atomic E-state index is 11.6. The van der Waals surface area contributed by atoms with Gasteiger partial charge in [0.1, 0.15) is 20.3 Å². The molecule has 0 aliphatic heterocycles. The van der Waals surface area contributed by atoms with Gasteiger partial charge in [-0.25, -0.2) is 18.6 Å². The number of hydrogen-bond acceptors (Lipinski definition) is 6. The quantitative estimate of drug-likeness (QED) is 0.343. The van der Waals surface area contributed by atoms with Gasteiger partial charge in [0.05, 0.1) is 0 Å². The van der Waals surface area contributed by atoms with Crippen molar-refractivity contribution in [1.29, 1.82) is 0 Å². The molecule has 10 heteroatoms. The predicted octanol–water partition coefficient (Wildman–Crippen LogP) is -0.301. The van der Waals surface area contributed by atoms with Crippen LogP contribution in [0.15, 0.2) is 101 Å². The first-order chi connectivity index (χ1) is 15.2. The second-order valence-corrected chi connectivity index (χ2v) is 11.7. The Bertz CT molecular complexity index is 916. The fourth-order valence-corrected chi connectivity index (χ4v) is 8.64. The minimum Gasteiger partial charge on any atom is -0.297 e. The minimum atomic E-state index is -4.94. The van der Waals surface area contributed by atoms with E-state index in [-0.39, 0.29) is 0 Å². The van der Waals surface area contributed by atoms with E-state index in [1.165, 1.54) is 11.8 Å². The van der Waals surface area contributed by atoms with Crippen LogP contribution in [0.3, 0.4) is 0 Å². The first-order valence-corrected chi connectivity index (χ1v) is 13.7. The molecule has 3 aromatic rings. The summed E-state index contributed by atoms with van der Waals surface area (Å²) in [6.07, 6.45) is 2.64. The lowest BCUT2D eigenvalue weighted by molar-refractivity contribution is -2.00. The fraction of sp³-hybridized carbons (Fsp3) is 0.0455. The molecule has 0 aromatic heterocycles. The second-order valence-electron chi connectivity index (χ2n) is 6.14. The average Bonchev–Trinajstić information content (AvgIpc) is 2.79. The van der Waals surface area contributed by atoms with Gasteiger partial charge in [0, 0.05) is 0 Å². The van der Waals surface area contributed by atoms with Crippen molar-refractivity contribution in [2.75, 3.05) is 6.26 Å². The van der Waals surface area contributed by atoms with Crippen LogP contribution in [-0.2, 0) is 4.79 Å². The number of nitrogens with one attached hydrogen (secondary N) is 1. The summed E-state index contributed by atoms with van der Waals surface area (Å²) in [5.74, 6) is 0. The summed E-state index contributed by atoms with van der Waals surface area (Å²) in [4.78, 5) is 11.6. The highest BCUT2D eigenvalue weighted by Crippen LogP contribution is 2.63. The Morgan fingerprint density at radius 2 is 1.12 bits per heavy atom. The lowest BCUT2D eigenvalue weighted by Crippen LogP contribution is -2.68. The van der Waals surface area contributed by atoms with E-state index in [2.05, 4.69) is 41.7 Å². The molecule has 0 radical (unpaired) electrons. The van der Waals surface area contributed by atoms with Crippen LogP contribution < -0.4 is 39.9 Å². The number of carbonyl (C=O) groups is 1. The first kappa shape index (κ1) is 26.3. The van der Waals surface area contributed by atoms with Crippen LogP contribution in [0.1, 0.15) is 0 Å². The van der Waals surface area contributed by atoms with E-state index in [0.717, 1.165) is 27.8 Å². The molecule has 1 N–H and O–H groups in total. The molecule has 3 rings (SSSR count). The molecule has 6 nitrogen and oxygen atoms in total. The lowest BCUT2D eigenvalue weighted by atomic mass is 10.4. The van der Waals surface area contributed by atoms with Crippen LogP contribution in [0, 0.1) is 10.2 Å². The molecule has 3 aromatic carbocycles. The molecule has 0 spiro atoms. The summed E-state index contributed by atoms with van der Waals surface area (Å²) in [5, 5.41) is 6.38. The van der Waals surface area contributed by atoms with Gasteiger partial charge in [0.25, 0.3) is 0 Å². The van der Waals surface area contributed by atoms with Gasteiger partial charge in [-0.05, 0) is 42.7 Å². The second kappa shape index (κ2) is 12.3.